The van der Waals surface area contributed by atoms with Crippen LogP contribution in [0.1, 0.15) is 19.7 Å². The number of H-pyrrole nitrogens is 1. The third kappa shape index (κ3) is 3.20. The molecule has 17 heavy (non-hydrogen) atoms. The monoisotopic (exact) mass is 249 g/mol. The van der Waals surface area contributed by atoms with Gasteiger partial charge in [0.15, 0.2) is 5.16 Å². The van der Waals surface area contributed by atoms with Gasteiger partial charge in [0.25, 0.3) is 0 Å². The van der Waals surface area contributed by atoms with Gasteiger partial charge in [0, 0.05) is 31.4 Å². The van der Waals surface area contributed by atoms with Crippen molar-refractivity contribution < 1.29 is 0 Å². The average Bonchev–Trinajstić information content (AvgIpc) is 2.82. The zero-order chi connectivity index (χ0) is 12.1. The standard InChI is InChI=1S/C11H15N5S/c1-3-8-15-9(12-4-2)7-10(16-8)17-11-13-5-6-14-11/h5-7H,3-4H2,1-2H3,(H,13,14)(H,12,15,16). The van der Waals surface area contributed by atoms with Crippen LogP contribution in [-0.4, -0.2) is 26.5 Å². The van der Waals surface area contributed by atoms with Crippen molar-refractivity contribution in [3.8, 4) is 0 Å². The van der Waals surface area contributed by atoms with Gasteiger partial charge >= 0.3 is 0 Å². The molecule has 0 saturated carbocycles. The smallest absolute Gasteiger partial charge is 0.171 e. The highest BCUT2D eigenvalue weighted by molar-refractivity contribution is 7.99. The van der Waals surface area contributed by atoms with Crippen LogP contribution >= 0.6 is 11.8 Å². The lowest BCUT2D eigenvalue weighted by Crippen LogP contribution is -2.03. The summed E-state index contributed by atoms with van der Waals surface area (Å²) in [5, 5.41) is 4.95. The van der Waals surface area contributed by atoms with Crippen molar-refractivity contribution in [2.24, 2.45) is 0 Å². The van der Waals surface area contributed by atoms with Gasteiger partial charge in [0.2, 0.25) is 0 Å². The molecule has 0 aromatic carbocycles. The number of anilines is 1. The van der Waals surface area contributed by atoms with Crippen molar-refractivity contribution in [3.63, 3.8) is 0 Å². The average molecular weight is 249 g/mol. The zero-order valence-electron chi connectivity index (χ0n) is 9.90. The summed E-state index contributed by atoms with van der Waals surface area (Å²) in [5.41, 5.74) is 0. The number of hydrogen-bond donors (Lipinski definition) is 2. The lowest BCUT2D eigenvalue weighted by molar-refractivity contribution is 0.884. The molecule has 2 rings (SSSR count). The van der Waals surface area contributed by atoms with Gasteiger partial charge in [-0.1, -0.05) is 6.92 Å². The molecule has 6 heteroatoms. The molecule has 0 amide bonds. The van der Waals surface area contributed by atoms with E-state index in [0.29, 0.717) is 0 Å². The maximum atomic E-state index is 4.46. The third-order valence-corrected chi connectivity index (χ3v) is 2.93. The molecule has 0 bridgehead atoms. The molecular weight excluding hydrogens is 234 g/mol. The Kier molecular flexibility index (Phi) is 3.98. The molecule has 0 spiro atoms. The van der Waals surface area contributed by atoms with Crippen LogP contribution in [-0.2, 0) is 6.42 Å². The Balaban J connectivity index is 2.23. The molecular formula is C11H15N5S. The van der Waals surface area contributed by atoms with E-state index < -0.39 is 0 Å². The Morgan fingerprint density at radius 2 is 2.24 bits per heavy atom. The quantitative estimate of drug-likeness (QED) is 0.796. The molecule has 0 saturated heterocycles. The predicted molar refractivity (Wildman–Crippen MR) is 68.3 cm³/mol. The molecule has 0 aliphatic rings. The first-order valence-corrected chi connectivity index (χ1v) is 6.42. The van der Waals surface area contributed by atoms with Crippen molar-refractivity contribution in [1.82, 2.24) is 19.9 Å². The lowest BCUT2D eigenvalue weighted by Gasteiger charge is -2.06. The van der Waals surface area contributed by atoms with Gasteiger partial charge in [-0.25, -0.2) is 15.0 Å². The zero-order valence-corrected chi connectivity index (χ0v) is 10.7. The van der Waals surface area contributed by atoms with E-state index >= 15 is 0 Å². The molecule has 2 heterocycles. The number of nitrogens with one attached hydrogen (secondary N) is 2. The maximum Gasteiger partial charge on any atom is 0.171 e. The second-order valence-corrected chi connectivity index (χ2v) is 4.40. The molecule has 0 radical (unpaired) electrons. The summed E-state index contributed by atoms with van der Waals surface area (Å²) in [6.07, 6.45) is 4.36. The normalized spacial score (nSPS) is 10.5. The highest BCUT2D eigenvalue weighted by Gasteiger charge is 2.06. The Bertz CT molecular complexity index is 469. The minimum Gasteiger partial charge on any atom is -0.370 e. The molecule has 5 nitrogen and oxygen atoms in total. The summed E-state index contributed by atoms with van der Waals surface area (Å²) < 4.78 is 0. The van der Waals surface area contributed by atoms with Gasteiger partial charge in [-0.05, 0) is 18.7 Å². The van der Waals surface area contributed by atoms with Gasteiger partial charge in [-0.3, -0.25) is 0 Å². The van der Waals surface area contributed by atoms with Crippen LogP contribution in [0.15, 0.2) is 28.6 Å². The van der Waals surface area contributed by atoms with Crippen LogP contribution in [0.3, 0.4) is 0 Å². The first-order valence-electron chi connectivity index (χ1n) is 5.61. The van der Waals surface area contributed by atoms with Gasteiger partial charge in [0.05, 0.1) is 0 Å². The Labute approximate surface area is 104 Å². The minimum atomic E-state index is 0.824. The topological polar surface area (TPSA) is 66.5 Å². The molecule has 0 aliphatic heterocycles. The second-order valence-electron chi connectivity index (χ2n) is 3.39. The predicted octanol–water partition coefficient (Wildman–Crippen LogP) is 2.35. The summed E-state index contributed by atoms with van der Waals surface area (Å²) in [7, 11) is 0. The van der Waals surface area contributed by atoms with Gasteiger partial charge < -0.3 is 10.3 Å². The number of aromatic amines is 1. The highest BCUT2D eigenvalue weighted by atomic mass is 32.2. The first kappa shape index (κ1) is 11.9. The largest absolute Gasteiger partial charge is 0.370 e. The van der Waals surface area contributed by atoms with E-state index in [4.69, 9.17) is 0 Å². The van der Waals surface area contributed by atoms with E-state index in [2.05, 4.69) is 25.3 Å². The van der Waals surface area contributed by atoms with Gasteiger partial charge in [0.1, 0.15) is 16.7 Å². The van der Waals surface area contributed by atoms with E-state index in [1.807, 2.05) is 19.9 Å². The van der Waals surface area contributed by atoms with Crippen LogP contribution in [0.2, 0.25) is 0 Å². The maximum absolute atomic E-state index is 4.46. The van der Waals surface area contributed by atoms with Crippen LogP contribution in [0.5, 0.6) is 0 Å². The fourth-order valence-corrected chi connectivity index (χ4v) is 2.12. The van der Waals surface area contributed by atoms with Crippen molar-refractivity contribution in [1.29, 1.82) is 0 Å². The van der Waals surface area contributed by atoms with E-state index in [-0.39, 0.29) is 0 Å². The molecule has 0 aliphatic carbocycles. The van der Waals surface area contributed by atoms with Crippen molar-refractivity contribution in [2.45, 2.75) is 30.5 Å². The van der Waals surface area contributed by atoms with E-state index in [9.17, 15) is 0 Å². The van der Waals surface area contributed by atoms with Crippen LogP contribution in [0.25, 0.3) is 0 Å². The Hall–Kier alpha value is -1.56. The lowest BCUT2D eigenvalue weighted by atomic mass is 10.4. The highest BCUT2D eigenvalue weighted by Crippen LogP contribution is 2.24. The second kappa shape index (κ2) is 5.67. The molecule has 2 aromatic heterocycles. The molecule has 2 aromatic rings. The number of rotatable bonds is 5. The van der Waals surface area contributed by atoms with Crippen molar-refractivity contribution in [2.75, 3.05) is 11.9 Å². The third-order valence-electron chi connectivity index (χ3n) is 2.10. The number of nitrogens with zero attached hydrogens (tertiary/aromatic N) is 3. The van der Waals surface area contributed by atoms with E-state index in [0.717, 1.165) is 34.8 Å². The Morgan fingerprint density at radius 1 is 1.35 bits per heavy atom. The van der Waals surface area contributed by atoms with Crippen LogP contribution < -0.4 is 5.32 Å². The van der Waals surface area contributed by atoms with Gasteiger partial charge in [-0.15, -0.1) is 0 Å². The van der Waals surface area contributed by atoms with E-state index in [1.165, 1.54) is 11.8 Å². The summed E-state index contributed by atoms with van der Waals surface area (Å²) in [6, 6.07) is 1.94. The first-order chi connectivity index (χ1) is 8.31. The fraction of sp³-hybridized carbons (Fsp3) is 0.364. The molecule has 0 fully saturated rings. The van der Waals surface area contributed by atoms with Gasteiger partial charge in [-0.2, -0.15) is 0 Å². The number of aryl methyl sites for hydroxylation is 1. The SMILES string of the molecule is CCNc1cc(Sc2ncc[nH]2)nc(CC)n1. The summed E-state index contributed by atoms with van der Waals surface area (Å²) in [5.74, 6) is 1.71. The Morgan fingerprint density at radius 3 is 2.88 bits per heavy atom. The molecule has 90 valence electrons. The molecule has 0 unspecified atom stereocenters. The number of hydrogen-bond acceptors (Lipinski definition) is 5. The summed E-state index contributed by atoms with van der Waals surface area (Å²) in [4.78, 5) is 16.1. The summed E-state index contributed by atoms with van der Waals surface area (Å²) in [6.45, 7) is 4.95. The number of aromatic nitrogens is 4. The minimum absolute atomic E-state index is 0.824. The van der Waals surface area contributed by atoms with Crippen molar-refractivity contribution >= 4 is 17.6 Å². The molecule has 2 N–H and O–H groups in total. The summed E-state index contributed by atoms with van der Waals surface area (Å²) >= 11 is 1.51. The van der Waals surface area contributed by atoms with Crippen molar-refractivity contribution in [3.05, 3.63) is 24.3 Å². The fourth-order valence-electron chi connectivity index (χ4n) is 1.36. The van der Waals surface area contributed by atoms with Crippen LogP contribution in [0, 0.1) is 0 Å². The van der Waals surface area contributed by atoms with E-state index in [1.54, 1.807) is 12.4 Å². The number of imidazole rings is 1. The van der Waals surface area contributed by atoms with Crippen LogP contribution in [0.4, 0.5) is 5.82 Å². The molecule has 0 atom stereocenters.